The molecule has 2 aromatic rings. The van der Waals surface area contributed by atoms with Crippen LogP contribution >= 0.6 is 0 Å². The first-order valence-electron chi connectivity index (χ1n) is 6.04. The molecule has 0 unspecified atom stereocenters. The molecule has 0 heterocycles. The fraction of sp³-hybridized carbons (Fsp3) is 0.200. The van der Waals surface area contributed by atoms with Gasteiger partial charge in [-0.25, -0.2) is 8.78 Å². The number of halogens is 2. The molecular formula is C15H15F2NO2. The minimum Gasteiger partial charge on any atom is -0.494 e. The summed E-state index contributed by atoms with van der Waals surface area (Å²) in [5, 5.41) is 3.07. The fourth-order valence-electron chi connectivity index (χ4n) is 1.83. The average Bonchev–Trinajstić information content (AvgIpc) is 2.46. The van der Waals surface area contributed by atoms with Crippen LogP contribution in [0.3, 0.4) is 0 Å². The van der Waals surface area contributed by atoms with Gasteiger partial charge < -0.3 is 14.8 Å². The van der Waals surface area contributed by atoms with E-state index in [0.717, 1.165) is 5.56 Å². The molecule has 5 heteroatoms. The van der Waals surface area contributed by atoms with Crippen LogP contribution in [0.25, 0.3) is 0 Å². The number of methoxy groups -OCH3 is 2. The highest BCUT2D eigenvalue weighted by molar-refractivity contribution is 5.56. The Bertz CT molecular complexity index is 602. The highest BCUT2D eigenvalue weighted by atomic mass is 19.1. The van der Waals surface area contributed by atoms with E-state index in [9.17, 15) is 8.78 Å². The molecule has 2 rings (SSSR count). The van der Waals surface area contributed by atoms with E-state index in [0.29, 0.717) is 18.0 Å². The minimum atomic E-state index is -0.419. The Balaban J connectivity index is 2.10. The van der Waals surface area contributed by atoms with Crippen molar-refractivity contribution < 1.29 is 18.3 Å². The molecule has 0 saturated heterocycles. The molecule has 1 N–H and O–H groups in total. The normalized spacial score (nSPS) is 10.2. The molecule has 0 fully saturated rings. The van der Waals surface area contributed by atoms with Crippen LogP contribution in [0.2, 0.25) is 0 Å². The molecule has 0 aliphatic heterocycles. The third kappa shape index (κ3) is 3.17. The third-order valence-corrected chi connectivity index (χ3v) is 2.86. The summed E-state index contributed by atoms with van der Waals surface area (Å²) in [6.45, 7) is 0.392. The first-order valence-corrected chi connectivity index (χ1v) is 6.04. The van der Waals surface area contributed by atoms with Gasteiger partial charge in [0.05, 0.1) is 19.9 Å². The van der Waals surface area contributed by atoms with Crippen molar-refractivity contribution in [2.24, 2.45) is 0 Å². The van der Waals surface area contributed by atoms with E-state index in [2.05, 4.69) is 5.32 Å². The number of ether oxygens (including phenoxy) is 2. The number of hydrogen-bond donors (Lipinski definition) is 1. The van der Waals surface area contributed by atoms with Crippen LogP contribution in [0.1, 0.15) is 5.56 Å². The van der Waals surface area contributed by atoms with Gasteiger partial charge >= 0.3 is 0 Å². The van der Waals surface area contributed by atoms with E-state index in [1.165, 1.54) is 32.4 Å². The smallest absolute Gasteiger partial charge is 0.165 e. The van der Waals surface area contributed by atoms with Gasteiger partial charge in [0.1, 0.15) is 11.6 Å². The van der Waals surface area contributed by atoms with Crippen LogP contribution in [0.15, 0.2) is 36.4 Å². The molecular weight excluding hydrogens is 264 g/mol. The fourth-order valence-corrected chi connectivity index (χ4v) is 1.83. The lowest BCUT2D eigenvalue weighted by Crippen LogP contribution is -2.02. The summed E-state index contributed by atoms with van der Waals surface area (Å²) in [7, 11) is 2.88. The van der Waals surface area contributed by atoms with Crippen molar-refractivity contribution in [3.8, 4) is 11.5 Å². The van der Waals surface area contributed by atoms with Crippen molar-refractivity contribution in [2.75, 3.05) is 19.5 Å². The zero-order valence-electron chi connectivity index (χ0n) is 11.2. The van der Waals surface area contributed by atoms with Gasteiger partial charge in [-0.05, 0) is 29.8 Å². The Hall–Kier alpha value is -2.30. The van der Waals surface area contributed by atoms with E-state index < -0.39 is 5.82 Å². The maximum absolute atomic E-state index is 13.5. The molecule has 0 saturated carbocycles. The van der Waals surface area contributed by atoms with Crippen LogP contribution in [0.5, 0.6) is 11.5 Å². The van der Waals surface area contributed by atoms with Crippen LogP contribution in [-0.2, 0) is 6.54 Å². The Morgan fingerprint density at radius 3 is 2.35 bits per heavy atom. The Morgan fingerprint density at radius 2 is 1.70 bits per heavy atom. The molecule has 0 atom stereocenters. The first kappa shape index (κ1) is 14.1. The standard InChI is InChI=1S/C15H15F2NO2/c1-19-14-6-3-10(7-12(14)17)9-18-13-5-4-11(16)8-15(13)20-2/h3-8,18H,9H2,1-2H3. The summed E-state index contributed by atoms with van der Waals surface area (Å²) < 4.78 is 36.5. The maximum Gasteiger partial charge on any atom is 0.165 e. The van der Waals surface area contributed by atoms with Gasteiger partial charge in [-0.1, -0.05) is 6.07 Å². The van der Waals surface area contributed by atoms with Crippen LogP contribution in [0, 0.1) is 11.6 Å². The molecule has 106 valence electrons. The van der Waals surface area contributed by atoms with E-state index >= 15 is 0 Å². The second-order valence-corrected chi connectivity index (χ2v) is 4.17. The summed E-state index contributed by atoms with van der Waals surface area (Å²) in [5.41, 5.74) is 1.39. The molecule has 0 aromatic heterocycles. The zero-order chi connectivity index (χ0) is 14.5. The average molecular weight is 279 g/mol. The largest absolute Gasteiger partial charge is 0.494 e. The van der Waals surface area contributed by atoms with Crippen molar-refractivity contribution in [1.82, 2.24) is 0 Å². The van der Waals surface area contributed by atoms with Crippen molar-refractivity contribution >= 4 is 5.69 Å². The summed E-state index contributed by atoms with van der Waals surface area (Å²) in [4.78, 5) is 0. The van der Waals surface area contributed by atoms with Gasteiger partial charge in [0.15, 0.2) is 11.6 Å². The predicted molar refractivity (Wildman–Crippen MR) is 73.2 cm³/mol. The SMILES string of the molecule is COc1ccc(CNc2ccc(F)cc2OC)cc1F. The molecule has 20 heavy (non-hydrogen) atoms. The number of nitrogens with one attached hydrogen (secondary N) is 1. The number of rotatable bonds is 5. The van der Waals surface area contributed by atoms with E-state index in [4.69, 9.17) is 9.47 Å². The topological polar surface area (TPSA) is 30.5 Å². The van der Waals surface area contributed by atoms with E-state index in [1.54, 1.807) is 18.2 Å². The van der Waals surface area contributed by atoms with Crippen molar-refractivity contribution in [2.45, 2.75) is 6.54 Å². The second-order valence-electron chi connectivity index (χ2n) is 4.17. The molecule has 0 aliphatic rings. The lowest BCUT2D eigenvalue weighted by Gasteiger charge is -2.11. The lowest BCUT2D eigenvalue weighted by molar-refractivity contribution is 0.386. The molecule has 0 radical (unpaired) electrons. The van der Waals surface area contributed by atoms with Crippen LogP contribution in [0.4, 0.5) is 14.5 Å². The quantitative estimate of drug-likeness (QED) is 0.907. The van der Waals surface area contributed by atoms with Crippen molar-refractivity contribution in [1.29, 1.82) is 0 Å². The van der Waals surface area contributed by atoms with E-state index in [1.807, 2.05) is 0 Å². The Morgan fingerprint density at radius 1 is 0.950 bits per heavy atom. The monoisotopic (exact) mass is 279 g/mol. The van der Waals surface area contributed by atoms with Crippen LogP contribution in [-0.4, -0.2) is 14.2 Å². The summed E-state index contributed by atoms with van der Waals surface area (Å²) in [5.74, 6) is -0.187. The number of benzene rings is 2. The van der Waals surface area contributed by atoms with E-state index in [-0.39, 0.29) is 11.6 Å². The number of hydrogen-bond acceptors (Lipinski definition) is 3. The van der Waals surface area contributed by atoms with Gasteiger partial charge in [0, 0.05) is 12.6 Å². The van der Waals surface area contributed by atoms with Gasteiger partial charge in [-0.15, -0.1) is 0 Å². The van der Waals surface area contributed by atoms with Crippen molar-refractivity contribution in [3.63, 3.8) is 0 Å². The Kier molecular flexibility index (Phi) is 4.40. The molecule has 0 amide bonds. The van der Waals surface area contributed by atoms with Gasteiger partial charge in [-0.2, -0.15) is 0 Å². The Labute approximate surface area is 116 Å². The summed E-state index contributed by atoms with van der Waals surface area (Å²) in [6.07, 6.45) is 0. The highest BCUT2D eigenvalue weighted by Crippen LogP contribution is 2.26. The van der Waals surface area contributed by atoms with Gasteiger partial charge in [-0.3, -0.25) is 0 Å². The van der Waals surface area contributed by atoms with Gasteiger partial charge in [0.2, 0.25) is 0 Å². The minimum absolute atomic E-state index is 0.202. The highest BCUT2D eigenvalue weighted by Gasteiger charge is 2.06. The van der Waals surface area contributed by atoms with Crippen molar-refractivity contribution in [3.05, 3.63) is 53.6 Å². The molecule has 0 bridgehead atoms. The number of anilines is 1. The third-order valence-electron chi connectivity index (χ3n) is 2.86. The second kappa shape index (κ2) is 6.23. The molecule has 0 aliphatic carbocycles. The summed E-state index contributed by atoms with van der Waals surface area (Å²) >= 11 is 0. The van der Waals surface area contributed by atoms with Crippen LogP contribution < -0.4 is 14.8 Å². The summed E-state index contributed by atoms with van der Waals surface area (Å²) in [6, 6.07) is 8.91. The first-order chi connectivity index (χ1) is 9.63. The predicted octanol–water partition coefficient (Wildman–Crippen LogP) is 3.59. The zero-order valence-corrected chi connectivity index (χ0v) is 11.2. The molecule has 0 spiro atoms. The lowest BCUT2D eigenvalue weighted by atomic mass is 10.2. The maximum atomic E-state index is 13.5. The molecule has 3 nitrogen and oxygen atoms in total. The van der Waals surface area contributed by atoms with Gasteiger partial charge in [0.25, 0.3) is 0 Å². The molecule has 2 aromatic carbocycles.